The first-order valence-corrected chi connectivity index (χ1v) is 6.90. The van der Waals surface area contributed by atoms with Crippen LogP contribution in [0.4, 0.5) is 4.39 Å². The number of hydrogen-bond donors (Lipinski definition) is 0. The highest BCUT2D eigenvalue weighted by atomic mass is 35.5. The lowest BCUT2D eigenvalue weighted by Crippen LogP contribution is -2.22. The Balaban J connectivity index is 1.96. The van der Waals surface area contributed by atoms with Crippen molar-refractivity contribution in [3.8, 4) is 0 Å². The molecule has 0 amide bonds. The molecule has 0 aliphatic carbocycles. The molecule has 0 spiro atoms. The number of hydrogen-bond acceptors (Lipinski definition) is 1. The van der Waals surface area contributed by atoms with E-state index in [1.165, 1.54) is 17.7 Å². The minimum absolute atomic E-state index is 0.211. The fourth-order valence-electron chi connectivity index (χ4n) is 2.01. The summed E-state index contributed by atoms with van der Waals surface area (Å²) in [6.07, 6.45) is 0.804. The summed E-state index contributed by atoms with van der Waals surface area (Å²) >= 11 is 6.06. The van der Waals surface area contributed by atoms with Crippen LogP contribution >= 0.6 is 11.6 Å². The van der Waals surface area contributed by atoms with Crippen molar-refractivity contribution in [1.82, 2.24) is 4.90 Å². The van der Waals surface area contributed by atoms with Crippen LogP contribution in [0.25, 0.3) is 0 Å². The lowest BCUT2D eigenvalue weighted by molar-refractivity contribution is 0.363. The molecule has 0 heterocycles. The summed E-state index contributed by atoms with van der Waals surface area (Å²) in [5, 5.41) is 0.524. The third kappa shape index (κ3) is 4.39. The van der Waals surface area contributed by atoms with Crippen LogP contribution in [-0.2, 0) is 13.0 Å². The number of rotatable bonds is 6. The van der Waals surface area contributed by atoms with Gasteiger partial charge in [-0.1, -0.05) is 60.6 Å². The van der Waals surface area contributed by atoms with Gasteiger partial charge in [-0.25, -0.2) is 4.39 Å². The molecule has 20 heavy (non-hydrogen) atoms. The SMILES string of the molecule is C=C(Cl)N(CCc1ccc(F)cc1)Cc1ccccc1. The highest BCUT2D eigenvalue weighted by molar-refractivity contribution is 6.28. The first-order chi connectivity index (χ1) is 9.65. The van der Waals surface area contributed by atoms with E-state index in [0.29, 0.717) is 5.16 Å². The van der Waals surface area contributed by atoms with Crippen molar-refractivity contribution < 1.29 is 4.39 Å². The van der Waals surface area contributed by atoms with E-state index in [1.54, 1.807) is 12.1 Å². The molecule has 0 saturated heterocycles. The fraction of sp³-hybridized carbons (Fsp3) is 0.176. The van der Waals surface area contributed by atoms with Crippen molar-refractivity contribution in [2.45, 2.75) is 13.0 Å². The van der Waals surface area contributed by atoms with Gasteiger partial charge < -0.3 is 4.90 Å². The normalized spacial score (nSPS) is 10.3. The minimum Gasteiger partial charge on any atom is -0.358 e. The predicted octanol–water partition coefficient (Wildman–Crippen LogP) is 4.58. The summed E-state index contributed by atoms with van der Waals surface area (Å²) in [5.41, 5.74) is 2.27. The van der Waals surface area contributed by atoms with E-state index in [1.807, 2.05) is 23.1 Å². The van der Waals surface area contributed by atoms with E-state index in [-0.39, 0.29) is 5.82 Å². The average Bonchev–Trinajstić information content (AvgIpc) is 2.46. The highest BCUT2D eigenvalue weighted by Gasteiger charge is 2.07. The zero-order chi connectivity index (χ0) is 14.4. The molecule has 2 aromatic carbocycles. The van der Waals surface area contributed by atoms with Crippen molar-refractivity contribution in [2.24, 2.45) is 0 Å². The molecule has 0 aliphatic heterocycles. The van der Waals surface area contributed by atoms with E-state index in [9.17, 15) is 4.39 Å². The molecule has 0 bridgehead atoms. The predicted molar refractivity (Wildman–Crippen MR) is 81.9 cm³/mol. The molecule has 0 fully saturated rings. The standard InChI is InChI=1S/C17H17ClFN/c1-14(18)20(13-16-5-3-2-4-6-16)12-11-15-7-9-17(19)10-8-15/h2-10H,1,11-13H2. The van der Waals surface area contributed by atoms with Gasteiger partial charge in [0.15, 0.2) is 0 Å². The van der Waals surface area contributed by atoms with Crippen LogP contribution in [0.5, 0.6) is 0 Å². The third-order valence-corrected chi connectivity index (χ3v) is 3.38. The molecule has 0 unspecified atom stereocenters. The molecule has 0 aromatic heterocycles. The lowest BCUT2D eigenvalue weighted by Gasteiger charge is -2.23. The molecule has 0 saturated carbocycles. The van der Waals surface area contributed by atoms with Gasteiger partial charge in [0.05, 0.1) is 5.16 Å². The summed E-state index contributed by atoms with van der Waals surface area (Å²) < 4.78 is 12.9. The zero-order valence-electron chi connectivity index (χ0n) is 11.2. The lowest BCUT2D eigenvalue weighted by atomic mass is 10.1. The summed E-state index contributed by atoms with van der Waals surface area (Å²) in [4.78, 5) is 2.01. The molecule has 0 radical (unpaired) electrons. The van der Waals surface area contributed by atoms with E-state index in [4.69, 9.17) is 11.6 Å². The van der Waals surface area contributed by atoms with Gasteiger partial charge in [0.25, 0.3) is 0 Å². The second-order valence-corrected chi connectivity index (χ2v) is 5.10. The highest BCUT2D eigenvalue weighted by Crippen LogP contribution is 2.14. The second-order valence-electron chi connectivity index (χ2n) is 4.66. The number of halogens is 2. The maximum Gasteiger partial charge on any atom is 0.123 e. The minimum atomic E-state index is -0.211. The maximum atomic E-state index is 12.9. The Morgan fingerprint density at radius 2 is 1.65 bits per heavy atom. The molecule has 3 heteroatoms. The zero-order valence-corrected chi connectivity index (χ0v) is 12.0. The average molecular weight is 290 g/mol. The Labute approximate surface area is 124 Å². The van der Waals surface area contributed by atoms with E-state index in [2.05, 4.69) is 18.7 Å². The summed E-state index contributed by atoms with van der Waals surface area (Å²) in [5.74, 6) is -0.211. The van der Waals surface area contributed by atoms with Crippen molar-refractivity contribution in [3.63, 3.8) is 0 Å². The monoisotopic (exact) mass is 289 g/mol. The topological polar surface area (TPSA) is 3.24 Å². The molecule has 1 nitrogen and oxygen atoms in total. The van der Waals surface area contributed by atoms with Crippen LogP contribution in [0.1, 0.15) is 11.1 Å². The van der Waals surface area contributed by atoms with Gasteiger partial charge in [-0.3, -0.25) is 0 Å². The summed E-state index contributed by atoms with van der Waals surface area (Å²) in [6, 6.07) is 16.7. The van der Waals surface area contributed by atoms with Crippen LogP contribution in [0.2, 0.25) is 0 Å². The van der Waals surface area contributed by atoms with E-state index in [0.717, 1.165) is 25.1 Å². The Morgan fingerprint density at radius 3 is 2.25 bits per heavy atom. The Morgan fingerprint density at radius 1 is 1.00 bits per heavy atom. The summed E-state index contributed by atoms with van der Waals surface area (Å²) in [6.45, 7) is 5.29. The van der Waals surface area contributed by atoms with Gasteiger partial charge in [-0.05, 0) is 29.7 Å². The fourth-order valence-corrected chi connectivity index (χ4v) is 2.15. The van der Waals surface area contributed by atoms with E-state index >= 15 is 0 Å². The molecule has 2 rings (SSSR count). The molecule has 104 valence electrons. The quantitative estimate of drug-likeness (QED) is 0.704. The van der Waals surface area contributed by atoms with Gasteiger partial charge in [-0.15, -0.1) is 0 Å². The van der Waals surface area contributed by atoms with E-state index < -0.39 is 0 Å². The second kappa shape index (κ2) is 7.11. The van der Waals surface area contributed by atoms with Crippen molar-refractivity contribution in [2.75, 3.05) is 6.54 Å². The van der Waals surface area contributed by atoms with Crippen LogP contribution in [0, 0.1) is 5.82 Å². The molecule has 2 aromatic rings. The van der Waals surface area contributed by atoms with Crippen molar-refractivity contribution in [1.29, 1.82) is 0 Å². The molecule has 0 aliphatic rings. The summed E-state index contributed by atoms with van der Waals surface area (Å²) in [7, 11) is 0. The van der Waals surface area contributed by atoms with Gasteiger partial charge in [0.2, 0.25) is 0 Å². The van der Waals surface area contributed by atoms with Crippen LogP contribution in [0.15, 0.2) is 66.3 Å². The maximum absolute atomic E-state index is 12.9. The Kier molecular flexibility index (Phi) is 5.19. The molecular formula is C17H17ClFN. The van der Waals surface area contributed by atoms with Gasteiger partial charge in [0, 0.05) is 13.1 Å². The Hall–Kier alpha value is -1.80. The molecule has 0 N–H and O–H groups in total. The van der Waals surface area contributed by atoms with Crippen molar-refractivity contribution in [3.05, 3.63) is 83.3 Å². The first-order valence-electron chi connectivity index (χ1n) is 6.53. The molecule has 0 atom stereocenters. The van der Waals surface area contributed by atoms with Crippen LogP contribution < -0.4 is 0 Å². The van der Waals surface area contributed by atoms with Crippen LogP contribution in [-0.4, -0.2) is 11.4 Å². The van der Waals surface area contributed by atoms with Crippen LogP contribution in [0.3, 0.4) is 0 Å². The number of benzene rings is 2. The van der Waals surface area contributed by atoms with Gasteiger partial charge in [-0.2, -0.15) is 0 Å². The Bertz CT molecular complexity index is 551. The molecular weight excluding hydrogens is 273 g/mol. The van der Waals surface area contributed by atoms with Gasteiger partial charge in [0.1, 0.15) is 5.82 Å². The largest absolute Gasteiger partial charge is 0.358 e. The third-order valence-electron chi connectivity index (χ3n) is 3.14. The first kappa shape index (κ1) is 14.6. The number of nitrogens with zero attached hydrogens (tertiary/aromatic N) is 1. The van der Waals surface area contributed by atoms with Crippen molar-refractivity contribution >= 4 is 11.6 Å². The smallest absolute Gasteiger partial charge is 0.123 e. The van der Waals surface area contributed by atoms with Gasteiger partial charge >= 0.3 is 0 Å².